The summed E-state index contributed by atoms with van der Waals surface area (Å²) in [5.74, 6) is 0. The molecule has 2 aromatic rings. The topological polar surface area (TPSA) is 37.8 Å². The summed E-state index contributed by atoms with van der Waals surface area (Å²) in [6.07, 6.45) is 3.77. The van der Waals surface area contributed by atoms with Crippen molar-refractivity contribution in [2.24, 2.45) is 0 Å². The van der Waals surface area contributed by atoms with E-state index >= 15 is 0 Å². The largest absolute Gasteiger partial charge is 0.435 e. The predicted molar refractivity (Wildman–Crippen MR) is 87.7 cm³/mol. The number of pyridine rings is 2. The Morgan fingerprint density at radius 2 is 1.83 bits per heavy atom. The van der Waals surface area contributed by atoms with Crippen molar-refractivity contribution in [3.8, 4) is 11.3 Å². The summed E-state index contributed by atoms with van der Waals surface area (Å²) >= 11 is 0. The smallest absolute Gasteiger partial charge is 0.381 e. The summed E-state index contributed by atoms with van der Waals surface area (Å²) in [5.41, 5.74) is 0.968. The fraction of sp³-hybridized carbons (Fsp3) is 0.444. The first-order valence-corrected chi connectivity index (χ1v) is 8.20. The molecule has 2 aromatic heterocycles. The van der Waals surface area contributed by atoms with E-state index in [1.165, 1.54) is 12.3 Å². The molecule has 3 rings (SSSR count). The maximum absolute atomic E-state index is 13.5. The lowest BCUT2D eigenvalue weighted by Gasteiger charge is -2.25. The van der Waals surface area contributed by atoms with Crippen LogP contribution in [-0.2, 0) is 6.18 Å². The molecule has 1 aliphatic carbocycles. The Kier molecular flexibility index (Phi) is 4.73. The van der Waals surface area contributed by atoms with Crippen LogP contribution in [0.1, 0.15) is 43.4 Å². The normalized spacial score (nSPS) is 16.2. The third-order valence-electron chi connectivity index (χ3n) is 4.30. The Morgan fingerprint density at radius 1 is 1.08 bits per heavy atom. The third-order valence-corrected chi connectivity index (χ3v) is 4.30. The zero-order valence-corrected chi connectivity index (χ0v) is 13.5. The van der Waals surface area contributed by atoms with E-state index < -0.39 is 11.9 Å². The average Bonchev–Trinajstić information content (AvgIpc) is 2.55. The Balaban J connectivity index is 1.94. The van der Waals surface area contributed by atoms with Crippen LogP contribution in [0.2, 0.25) is 0 Å². The highest BCUT2D eigenvalue weighted by Crippen LogP contribution is 2.36. The Morgan fingerprint density at radius 3 is 2.50 bits per heavy atom. The minimum atomic E-state index is -4.50. The molecule has 6 heteroatoms. The minimum Gasteiger partial charge on any atom is -0.381 e. The molecule has 0 unspecified atom stereocenters. The number of anilines is 1. The molecule has 24 heavy (non-hydrogen) atoms. The fourth-order valence-electron chi connectivity index (χ4n) is 3.11. The van der Waals surface area contributed by atoms with E-state index in [1.54, 1.807) is 18.3 Å². The molecule has 0 aliphatic heterocycles. The molecule has 0 spiro atoms. The first-order chi connectivity index (χ1) is 11.4. The molecule has 0 amide bonds. The van der Waals surface area contributed by atoms with Crippen molar-refractivity contribution in [2.45, 2.75) is 51.2 Å². The van der Waals surface area contributed by atoms with E-state index in [9.17, 15) is 13.2 Å². The quantitative estimate of drug-likeness (QED) is 0.836. The number of alkyl halides is 3. The van der Waals surface area contributed by atoms with Crippen LogP contribution in [0.3, 0.4) is 0 Å². The van der Waals surface area contributed by atoms with Crippen molar-refractivity contribution in [3.63, 3.8) is 0 Å². The highest BCUT2D eigenvalue weighted by atomic mass is 19.4. The molecule has 0 aromatic carbocycles. The van der Waals surface area contributed by atoms with Crippen LogP contribution in [-0.4, -0.2) is 16.0 Å². The lowest BCUT2D eigenvalue weighted by atomic mass is 9.95. The zero-order valence-electron chi connectivity index (χ0n) is 13.5. The van der Waals surface area contributed by atoms with E-state index in [0.717, 1.165) is 37.7 Å². The lowest BCUT2D eigenvalue weighted by Crippen LogP contribution is -2.24. The van der Waals surface area contributed by atoms with Gasteiger partial charge in [0.1, 0.15) is 0 Å². The molecule has 0 radical (unpaired) electrons. The maximum atomic E-state index is 13.5. The van der Waals surface area contributed by atoms with E-state index in [0.29, 0.717) is 5.56 Å². The van der Waals surface area contributed by atoms with Crippen molar-refractivity contribution in [2.75, 3.05) is 5.32 Å². The molecule has 0 saturated heterocycles. The third kappa shape index (κ3) is 3.86. The molecule has 1 N–H and O–H groups in total. The molecular weight excluding hydrogens is 315 g/mol. The highest BCUT2D eigenvalue weighted by Gasteiger charge is 2.36. The summed E-state index contributed by atoms with van der Waals surface area (Å²) in [6.45, 7) is 1.85. The van der Waals surface area contributed by atoms with Crippen LogP contribution in [0.4, 0.5) is 18.9 Å². The number of hydrogen-bond donors (Lipinski definition) is 1. The van der Waals surface area contributed by atoms with Gasteiger partial charge < -0.3 is 5.32 Å². The lowest BCUT2D eigenvalue weighted by molar-refractivity contribution is -0.140. The van der Waals surface area contributed by atoms with Gasteiger partial charge in [-0.05, 0) is 43.5 Å². The van der Waals surface area contributed by atoms with Crippen LogP contribution >= 0.6 is 0 Å². The second-order valence-corrected chi connectivity index (χ2v) is 6.32. The van der Waals surface area contributed by atoms with Gasteiger partial charge in [0.2, 0.25) is 0 Å². The number of rotatable bonds is 3. The molecular formula is C18H20F3N3. The minimum absolute atomic E-state index is 0.0683. The van der Waals surface area contributed by atoms with Gasteiger partial charge in [0.15, 0.2) is 5.69 Å². The van der Waals surface area contributed by atoms with E-state index in [1.807, 2.05) is 6.92 Å². The summed E-state index contributed by atoms with van der Waals surface area (Å²) in [5, 5.41) is 3.05. The summed E-state index contributed by atoms with van der Waals surface area (Å²) in [7, 11) is 0. The summed E-state index contributed by atoms with van der Waals surface area (Å²) in [6, 6.07) is 4.98. The molecule has 1 saturated carbocycles. The van der Waals surface area contributed by atoms with Gasteiger partial charge in [-0.3, -0.25) is 4.98 Å². The van der Waals surface area contributed by atoms with Gasteiger partial charge in [0.25, 0.3) is 0 Å². The van der Waals surface area contributed by atoms with Gasteiger partial charge in [0, 0.05) is 24.0 Å². The molecule has 1 fully saturated rings. The van der Waals surface area contributed by atoms with Gasteiger partial charge in [-0.25, -0.2) is 4.98 Å². The van der Waals surface area contributed by atoms with Crippen molar-refractivity contribution in [1.29, 1.82) is 0 Å². The van der Waals surface area contributed by atoms with Crippen LogP contribution in [0.15, 0.2) is 30.6 Å². The summed E-state index contributed by atoms with van der Waals surface area (Å²) in [4.78, 5) is 7.92. The van der Waals surface area contributed by atoms with Crippen LogP contribution < -0.4 is 5.32 Å². The maximum Gasteiger partial charge on any atom is 0.435 e. The second-order valence-electron chi connectivity index (χ2n) is 6.32. The van der Waals surface area contributed by atoms with Crippen molar-refractivity contribution >= 4 is 5.69 Å². The first kappa shape index (κ1) is 16.7. The van der Waals surface area contributed by atoms with Crippen LogP contribution in [0.5, 0.6) is 0 Å². The molecule has 3 nitrogen and oxygen atoms in total. The van der Waals surface area contributed by atoms with Gasteiger partial charge in [-0.15, -0.1) is 0 Å². The SMILES string of the molecule is Cc1cncc(-c2ccc(NC3CCCCC3)c(C(F)(F)F)n2)c1. The van der Waals surface area contributed by atoms with Crippen molar-refractivity contribution in [3.05, 3.63) is 41.9 Å². The molecule has 0 bridgehead atoms. The van der Waals surface area contributed by atoms with Crippen molar-refractivity contribution in [1.82, 2.24) is 9.97 Å². The number of nitrogens with zero attached hydrogens (tertiary/aromatic N) is 2. The van der Waals surface area contributed by atoms with E-state index in [2.05, 4.69) is 15.3 Å². The Hall–Kier alpha value is -2.11. The monoisotopic (exact) mass is 335 g/mol. The standard InChI is InChI=1S/C18H20F3N3/c1-12-9-13(11-22-10-12)15-7-8-16(17(24-15)18(19,20)21)23-14-5-3-2-4-6-14/h7-11,14,23H,2-6H2,1H3. The second kappa shape index (κ2) is 6.79. The van der Waals surface area contributed by atoms with Gasteiger partial charge in [0.05, 0.1) is 11.4 Å². The van der Waals surface area contributed by atoms with E-state index in [-0.39, 0.29) is 17.4 Å². The number of halogens is 3. The Labute approximate surface area is 139 Å². The molecule has 2 heterocycles. The van der Waals surface area contributed by atoms with Crippen LogP contribution in [0.25, 0.3) is 11.3 Å². The average molecular weight is 335 g/mol. The highest BCUT2D eigenvalue weighted by molar-refractivity contribution is 5.63. The van der Waals surface area contributed by atoms with Gasteiger partial charge >= 0.3 is 6.18 Å². The van der Waals surface area contributed by atoms with E-state index in [4.69, 9.17) is 0 Å². The molecule has 0 atom stereocenters. The van der Waals surface area contributed by atoms with Crippen LogP contribution in [0, 0.1) is 6.92 Å². The zero-order chi connectivity index (χ0) is 17.2. The fourth-order valence-corrected chi connectivity index (χ4v) is 3.11. The predicted octanol–water partition coefficient (Wildman–Crippen LogP) is 5.22. The van der Waals surface area contributed by atoms with Gasteiger partial charge in [-0.2, -0.15) is 13.2 Å². The first-order valence-electron chi connectivity index (χ1n) is 8.20. The molecule has 128 valence electrons. The number of aromatic nitrogens is 2. The number of aryl methyl sites for hydroxylation is 1. The van der Waals surface area contributed by atoms with Crippen molar-refractivity contribution < 1.29 is 13.2 Å². The summed E-state index contributed by atoms with van der Waals surface area (Å²) < 4.78 is 40.4. The van der Waals surface area contributed by atoms with Gasteiger partial charge in [-0.1, -0.05) is 19.3 Å². The molecule has 1 aliphatic rings. The number of nitrogens with one attached hydrogen (secondary N) is 1. The number of hydrogen-bond acceptors (Lipinski definition) is 3. The Bertz CT molecular complexity index is 707.